The Morgan fingerprint density at radius 3 is 2.41 bits per heavy atom. The Morgan fingerprint density at radius 2 is 1.69 bits per heavy atom. The first-order valence-electron chi connectivity index (χ1n) is 11.7. The molecule has 0 amide bonds. The number of likely N-dealkylation sites (N-methyl/N-ethyl adjacent to an activating group) is 1. The molecule has 0 saturated carbocycles. The minimum Gasteiger partial charge on any atom is -0.370 e. The van der Waals surface area contributed by atoms with Crippen molar-refractivity contribution in [2.75, 3.05) is 38.1 Å². The van der Waals surface area contributed by atoms with Crippen LogP contribution in [0.25, 0.3) is 10.8 Å². The van der Waals surface area contributed by atoms with Gasteiger partial charge in [0.25, 0.3) is 0 Å². The van der Waals surface area contributed by atoms with E-state index in [-0.39, 0.29) is 5.41 Å². The summed E-state index contributed by atoms with van der Waals surface area (Å²) < 4.78 is 0. The number of carbonyl (C=O) groups is 1. The van der Waals surface area contributed by atoms with Crippen LogP contribution < -0.4 is 4.90 Å². The Hall–Kier alpha value is -1.87. The molecular formula is C26H36N2O. The molecule has 0 unspecified atom stereocenters. The molecule has 29 heavy (non-hydrogen) atoms. The van der Waals surface area contributed by atoms with Crippen molar-refractivity contribution in [3.05, 3.63) is 41.5 Å². The van der Waals surface area contributed by atoms with Gasteiger partial charge in [-0.3, -0.25) is 4.79 Å². The highest BCUT2D eigenvalue weighted by molar-refractivity contribution is 6.22. The third kappa shape index (κ3) is 3.48. The van der Waals surface area contributed by atoms with Crippen LogP contribution in [0.3, 0.4) is 0 Å². The van der Waals surface area contributed by atoms with Crippen molar-refractivity contribution in [2.45, 2.75) is 64.2 Å². The van der Waals surface area contributed by atoms with Gasteiger partial charge in [-0.05, 0) is 49.9 Å². The molecule has 0 atom stereocenters. The standard InChI is InChI=1S/C26H36N2O/c1-4-6-14-26(15-7-5-2)22-12-13-23(28-17-9-16-27(3)18-19-28)20-10-8-11-21(24(20)22)25(26)29/h8,10-13H,4-7,9,14-19H2,1-3H3. The number of ketones is 1. The van der Waals surface area contributed by atoms with Crippen LogP contribution in [0.15, 0.2) is 30.3 Å². The van der Waals surface area contributed by atoms with Gasteiger partial charge in [0.2, 0.25) is 0 Å². The lowest BCUT2D eigenvalue weighted by molar-refractivity contribution is 0.0871. The first-order valence-corrected chi connectivity index (χ1v) is 11.7. The van der Waals surface area contributed by atoms with E-state index in [1.807, 2.05) is 0 Å². The van der Waals surface area contributed by atoms with Crippen LogP contribution >= 0.6 is 0 Å². The van der Waals surface area contributed by atoms with E-state index in [1.54, 1.807) is 0 Å². The fourth-order valence-electron chi connectivity index (χ4n) is 5.50. The Kier molecular flexibility index (Phi) is 5.96. The van der Waals surface area contributed by atoms with E-state index in [0.29, 0.717) is 5.78 Å². The molecule has 1 fully saturated rings. The normalized spacial score (nSPS) is 19.1. The summed E-state index contributed by atoms with van der Waals surface area (Å²) in [7, 11) is 2.21. The zero-order valence-electron chi connectivity index (χ0n) is 18.5. The molecule has 0 spiro atoms. The summed E-state index contributed by atoms with van der Waals surface area (Å²) in [6, 6.07) is 11.1. The Balaban J connectivity index is 1.83. The molecule has 3 heteroatoms. The lowest BCUT2D eigenvalue weighted by Crippen LogP contribution is -2.32. The van der Waals surface area contributed by atoms with Crippen LogP contribution in [0.4, 0.5) is 5.69 Å². The molecule has 0 bridgehead atoms. The van der Waals surface area contributed by atoms with Crippen LogP contribution in [0, 0.1) is 0 Å². The predicted molar refractivity (Wildman–Crippen MR) is 123 cm³/mol. The smallest absolute Gasteiger partial charge is 0.174 e. The summed E-state index contributed by atoms with van der Waals surface area (Å²) >= 11 is 0. The molecule has 2 aliphatic rings. The molecule has 2 aromatic carbocycles. The Morgan fingerprint density at radius 1 is 0.931 bits per heavy atom. The molecule has 156 valence electrons. The second kappa shape index (κ2) is 8.47. The molecule has 0 N–H and O–H groups in total. The lowest BCUT2D eigenvalue weighted by atomic mass is 9.72. The van der Waals surface area contributed by atoms with E-state index in [9.17, 15) is 4.79 Å². The number of anilines is 1. The molecule has 2 aromatic rings. The molecule has 1 heterocycles. The molecule has 3 nitrogen and oxygen atoms in total. The van der Waals surface area contributed by atoms with Crippen LogP contribution in [0.2, 0.25) is 0 Å². The second-order valence-electron chi connectivity index (χ2n) is 9.12. The van der Waals surface area contributed by atoms with Gasteiger partial charge in [0.15, 0.2) is 5.78 Å². The van der Waals surface area contributed by atoms with Crippen molar-refractivity contribution in [3.8, 4) is 0 Å². The van der Waals surface area contributed by atoms with Gasteiger partial charge < -0.3 is 9.80 Å². The fraction of sp³-hybridized carbons (Fsp3) is 0.577. The number of nitrogens with zero attached hydrogens (tertiary/aromatic N) is 2. The maximum atomic E-state index is 13.8. The highest BCUT2D eigenvalue weighted by Crippen LogP contribution is 2.50. The molecule has 1 aliphatic heterocycles. The third-order valence-corrected chi connectivity index (χ3v) is 7.19. The van der Waals surface area contributed by atoms with Crippen LogP contribution in [-0.4, -0.2) is 43.9 Å². The number of hydrogen-bond donors (Lipinski definition) is 0. The van der Waals surface area contributed by atoms with Gasteiger partial charge in [-0.25, -0.2) is 0 Å². The van der Waals surface area contributed by atoms with Crippen molar-refractivity contribution >= 4 is 22.2 Å². The number of benzene rings is 2. The summed E-state index contributed by atoms with van der Waals surface area (Å²) in [4.78, 5) is 18.7. The van der Waals surface area contributed by atoms with Crippen LogP contribution in [0.5, 0.6) is 0 Å². The fourth-order valence-corrected chi connectivity index (χ4v) is 5.50. The van der Waals surface area contributed by atoms with Gasteiger partial charge in [0, 0.05) is 36.3 Å². The first kappa shape index (κ1) is 20.4. The summed E-state index contributed by atoms with van der Waals surface area (Å²) in [5, 5.41) is 2.53. The highest BCUT2D eigenvalue weighted by atomic mass is 16.1. The third-order valence-electron chi connectivity index (χ3n) is 7.19. The van der Waals surface area contributed by atoms with E-state index in [4.69, 9.17) is 0 Å². The molecular weight excluding hydrogens is 356 g/mol. The van der Waals surface area contributed by atoms with Crippen molar-refractivity contribution in [1.29, 1.82) is 0 Å². The number of carbonyl (C=O) groups excluding carboxylic acids is 1. The van der Waals surface area contributed by atoms with Crippen molar-refractivity contribution in [1.82, 2.24) is 4.90 Å². The van der Waals surface area contributed by atoms with E-state index in [2.05, 4.69) is 61.0 Å². The Labute approximate surface area is 176 Å². The van der Waals surface area contributed by atoms with E-state index in [1.165, 1.54) is 28.4 Å². The second-order valence-corrected chi connectivity index (χ2v) is 9.12. The number of hydrogen-bond acceptors (Lipinski definition) is 3. The van der Waals surface area contributed by atoms with Gasteiger partial charge >= 0.3 is 0 Å². The van der Waals surface area contributed by atoms with Crippen LogP contribution in [0.1, 0.15) is 74.7 Å². The summed E-state index contributed by atoms with van der Waals surface area (Å²) in [5.74, 6) is 0.382. The van der Waals surface area contributed by atoms with Gasteiger partial charge in [0.05, 0.1) is 5.41 Å². The minimum absolute atomic E-state index is 0.300. The summed E-state index contributed by atoms with van der Waals surface area (Å²) in [6.07, 6.45) is 7.67. The molecule has 4 rings (SSSR count). The maximum absolute atomic E-state index is 13.8. The van der Waals surface area contributed by atoms with Gasteiger partial charge in [-0.15, -0.1) is 0 Å². The molecule has 1 saturated heterocycles. The van der Waals surface area contributed by atoms with Gasteiger partial charge in [-0.2, -0.15) is 0 Å². The number of unbranched alkanes of at least 4 members (excludes halogenated alkanes) is 2. The number of rotatable bonds is 7. The van der Waals surface area contributed by atoms with E-state index >= 15 is 0 Å². The van der Waals surface area contributed by atoms with Crippen molar-refractivity contribution < 1.29 is 4.79 Å². The number of Topliss-reactive ketones (excluding diaryl/α,β-unsaturated/α-hetero) is 1. The first-order chi connectivity index (χ1) is 14.1. The van der Waals surface area contributed by atoms with Gasteiger partial charge in [-0.1, -0.05) is 63.8 Å². The summed E-state index contributed by atoms with van der Waals surface area (Å²) in [6.45, 7) is 8.87. The highest BCUT2D eigenvalue weighted by Gasteiger charge is 2.46. The topological polar surface area (TPSA) is 23.6 Å². The quantitative estimate of drug-likeness (QED) is 0.595. The largest absolute Gasteiger partial charge is 0.370 e. The average molecular weight is 393 g/mol. The van der Waals surface area contributed by atoms with E-state index in [0.717, 1.165) is 70.3 Å². The average Bonchev–Trinajstić information content (AvgIpc) is 2.86. The summed E-state index contributed by atoms with van der Waals surface area (Å²) in [5.41, 5.74) is 3.30. The molecule has 0 aromatic heterocycles. The predicted octanol–water partition coefficient (Wildman–Crippen LogP) is 5.80. The SMILES string of the molecule is CCCCC1(CCCC)C(=O)c2cccc3c(N4CCCN(C)CC4)ccc1c23. The lowest BCUT2D eigenvalue weighted by Gasteiger charge is -2.30. The Bertz CT molecular complexity index is 880. The van der Waals surface area contributed by atoms with E-state index < -0.39 is 0 Å². The monoisotopic (exact) mass is 392 g/mol. The molecule has 1 aliphatic carbocycles. The zero-order valence-corrected chi connectivity index (χ0v) is 18.5. The maximum Gasteiger partial charge on any atom is 0.174 e. The van der Waals surface area contributed by atoms with Crippen molar-refractivity contribution in [3.63, 3.8) is 0 Å². The molecule has 0 radical (unpaired) electrons. The minimum atomic E-state index is -0.300. The van der Waals surface area contributed by atoms with Crippen LogP contribution in [-0.2, 0) is 5.41 Å². The van der Waals surface area contributed by atoms with Crippen molar-refractivity contribution in [2.24, 2.45) is 0 Å². The zero-order chi connectivity index (χ0) is 20.4. The van der Waals surface area contributed by atoms with Gasteiger partial charge in [0.1, 0.15) is 0 Å².